The number of aromatic nitrogens is 2. The summed E-state index contributed by atoms with van der Waals surface area (Å²) < 4.78 is 0. The van der Waals surface area contributed by atoms with Crippen LogP contribution in [0.2, 0.25) is 0 Å². The quantitative estimate of drug-likeness (QED) is 0.713. The van der Waals surface area contributed by atoms with Crippen LogP contribution < -0.4 is 10.6 Å². The number of nitrogen functional groups attached to an aromatic ring is 1. The average Bonchev–Trinajstić information content (AvgIpc) is 2.47. The number of hydrogen-bond donors (Lipinski definition) is 2. The van der Waals surface area contributed by atoms with Gasteiger partial charge in [0.15, 0.2) is 5.82 Å². The van der Waals surface area contributed by atoms with Gasteiger partial charge in [0, 0.05) is 13.1 Å². The highest BCUT2D eigenvalue weighted by Gasteiger charge is 2.19. The van der Waals surface area contributed by atoms with E-state index in [1.165, 1.54) is 12.8 Å². The summed E-state index contributed by atoms with van der Waals surface area (Å²) in [5.74, 6) is 3.38. The van der Waals surface area contributed by atoms with Crippen molar-refractivity contribution in [3.8, 4) is 0 Å². The van der Waals surface area contributed by atoms with Crippen molar-refractivity contribution in [3.63, 3.8) is 0 Å². The lowest BCUT2D eigenvalue weighted by Crippen LogP contribution is -2.33. The van der Waals surface area contributed by atoms with Crippen LogP contribution in [-0.2, 0) is 0 Å². The zero-order valence-electron chi connectivity index (χ0n) is 8.88. The highest BCUT2D eigenvalue weighted by atomic mass is 15.2. The van der Waals surface area contributed by atoms with Crippen molar-refractivity contribution < 1.29 is 0 Å². The molecule has 14 heavy (non-hydrogen) atoms. The third kappa shape index (κ3) is 1.69. The van der Waals surface area contributed by atoms with E-state index in [9.17, 15) is 0 Å². The number of aromatic amines is 1. The Morgan fingerprint density at radius 3 is 2.57 bits per heavy atom. The van der Waals surface area contributed by atoms with Crippen LogP contribution in [0.15, 0.2) is 0 Å². The third-order valence-corrected chi connectivity index (χ3v) is 2.91. The van der Waals surface area contributed by atoms with Gasteiger partial charge in [-0.05, 0) is 25.7 Å². The fraction of sp³-hybridized carbons (Fsp3) is 0.700. The van der Waals surface area contributed by atoms with Gasteiger partial charge in [-0.25, -0.2) is 4.98 Å². The van der Waals surface area contributed by atoms with Gasteiger partial charge in [-0.3, -0.25) is 0 Å². The Hall–Kier alpha value is -1.19. The van der Waals surface area contributed by atoms with Crippen molar-refractivity contribution in [3.05, 3.63) is 5.82 Å². The maximum absolute atomic E-state index is 5.85. The highest BCUT2D eigenvalue weighted by molar-refractivity contribution is 5.59. The summed E-state index contributed by atoms with van der Waals surface area (Å²) in [5, 5.41) is 0. The van der Waals surface area contributed by atoms with E-state index in [1.54, 1.807) is 0 Å². The van der Waals surface area contributed by atoms with E-state index in [1.807, 2.05) is 6.92 Å². The molecule has 0 amide bonds. The number of imidazole rings is 1. The zero-order valence-corrected chi connectivity index (χ0v) is 8.88. The highest BCUT2D eigenvalue weighted by Crippen LogP contribution is 2.25. The summed E-state index contributed by atoms with van der Waals surface area (Å²) in [7, 11) is 0. The van der Waals surface area contributed by atoms with Crippen LogP contribution in [0.25, 0.3) is 0 Å². The van der Waals surface area contributed by atoms with Crippen LogP contribution in [-0.4, -0.2) is 23.1 Å². The molecule has 0 bridgehead atoms. The van der Waals surface area contributed by atoms with Crippen molar-refractivity contribution in [2.75, 3.05) is 23.7 Å². The minimum absolute atomic E-state index is 0.706. The number of anilines is 2. The van der Waals surface area contributed by atoms with Gasteiger partial charge >= 0.3 is 0 Å². The Morgan fingerprint density at radius 2 is 2.07 bits per heavy atom. The summed E-state index contributed by atoms with van der Waals surface area (Å²) in [6.45, 7) is 6.40. The Balaban J connectivity index is 2.11. The predicted octanol–water partition coefficient (Wildman–Crippen LogP) is 1.54. The maximum atomic E-state index is 5.85. The molecule has 0 aliphatic carbocycles. The van der Waals surface area contributed by atoms with E-state index >= 15 is 0 Å². The lowest BCUT2D eigenvalue weighted by molar-refractivity contribution is 0.437. The molecule has 1 aromatic rings. The van der Waals surface area contributed by atoms with E-state index in [4.69, 9.17) is 5.73 Å². The van der Waals surface area contributed by atoms with E-state index in [0.29, 0.717) is 5.82 Å². The predicted molar refractivity (Wildman–Crippen MR) is 58.3 cm³/mol. The van der Waals surface area contributed by atoms with Crippen molar-refractivity contribution in [2.45, 2.75) is 26.7 Å². The molecule has 1 fully saturated rings. The monoisotopic (exact) mass is 194 g/mol. The smallest absolute Gasteiger partial charge is 0.171 e. The Labute approximate surface area is 84.5 Å². The number of nitrogens with two attached hydrogens (primary N) is 1. The molecule has 78 valence electrons. The molecule has 3 N–H and O–H groups in total. The summed E-state index contributed by atoms with van der Waals surface area (Å²) in [6.07, 6.45) is 2.48. The van der Waals surface area contributed by atoms with Gasteiger partial charge < -0.3 is 15.6 Å². The fourth-order valence-corrected chi connectivity index (χ4v) is 1.96. The number of nitrogens with zero attached hydrogens (tertiary/aromatic N) is 2. The van der Waals surface area contributed by atoms with Gasteiger partial charge in [-0.15, -0.1) is 0 Å². The topological polar surface area (TPSA) is 57.9 Å². The lowest BCUT2D eigenvalue weighted by atomic mass is 9.99. The van der Waals surface area contributed by atoms with Gasteiger partial charge in [-0.2, -0.15) is 0 Å². The molecule has 4 heteroatoms. The van der Waals surface area contributed by atoms with E-state index in [-0.39, 0.29) is 0 Å². The molecule has 0 unspecified atom stereocenters. The molecule has 0 saturated carbocycles. The minimum Gasteiger partial charge on any atom is -0.382 e. The maximum Gasteiger partial charge on any atom is 0.171 e. The first-order valence-electron chi connectivity index (χ1n) is 5.24. The summed E-state index contributed by atoms with van der Waals surface area (Å²) in [5.41, 5.74) is 5.85. The molecular weight excluding hydrogens is 176 g/mol. The molecule has 4 nitrogen and oxygen atoms in total. The second kappa shape index (κ2) is 3.52. The number of hydrogen-bond acceptors (Lipinski definition) is 3. The number of nitrogens with one attached hydrogen (secondary N) is 1. The molecule has 1 aromatic heterocycles. The zero-order chi connectivity index (χ0) is 10.1. The average molecular weight is 194 g/mol. The fourth-order valence-electron chi connectivity index (χ4n) is 1.96. The van der Waals surface area contributed by atoms with Crippen molar-refractivity contribution >= 4 is 11.6 Å². The Morgan fingerprint density at radius 1 is 1.43 bits per heavy atom. The number of H-pyrrole nitrogens is 1. The Kier molecular flexibility index (Phi) is 2.35. The van der Waals surface area contributed by atoms with Crippen LogP contribution in [0, 0.1) is 12.8 Å². The molecular formula is C10H18N4. The van der Waals surface area contributed by atoms with Crippen molar-refractivity contribution in [1.82, 2.24) is 9.97 Å². The summed E-state index contributed by atoms with van der Waals surface area (Å²) >= 11 is 0. The number of aryl methyl sites for hydroxylation is 1. The van der Waals surface area contributed by atoms with E-state index < -0.39 is 0 Å². The van der Waals surface area contributed by atoms with Gasteiger partial charge in [0.05, 0.1) is 0 Å². The van der Waals surface area contributed by atoms with E-state index in [2.05, 4.69) is 21.8 Å². The van der Waals surface area contributed by atoms with Gasteiger partial charge in [0.2, 0.25) is 0 Å². The van der Waals surface area contributed by atoms with Gasteiger partial charge in [-0.1, -0.05) is 6.92 Å². The second-order valence-electron chi connectivity index (χ2n) is 4.23. The first kappa shape index (κ1) is 9.37. The SMILES string of the molecule is Cc1nc(N2CCC(C)CC2)c(N)[nH]1. The molecule has 1 aliphatic heterocycles. The number of piperidine rings is 1. The largest absolute Gasteiger partial charge is 0.382 e. The van der Waals surface area contributed by atoms with Crippen LogP contribution in [0.5, 0.6) is 0 Å². The molecule has 0 radical (unpaired) electrons. The van der Waals surface area contributed by atoms with Crippen LogP contribution in [0.4, 0.5) is 11.6 Å². The first-order valence-corrected chi connectivity index (χ1v) is 5.24. The molecule has 1 aliphatic rings. The minimum atomic E-state index is 0.706. The third-order valence-electron chi connectivity index (χ3n) is 2.91. The summed E-state index contributed by atoms with van der Waals surface area (Å²) in [6, 6.07) is 0. The molecule has 2 rings (SSSR count). The Bertz CT molecular complexity index is 310. The van der Waals surface area contributed by atoms with Crippen molar-refractivity contribution in [2.24, 2.45) is 5.92 Å². The molecule has 0 atom stereocenters. The van der Waals surface area contributed by atoms with Gasteiger partial charge in [0.25, 0.3) is 0 Å². The second-order valence-corrected chi connectivity index (χ2v) is 4.23. The van der Waals surface area contributed by atoms with Gasteiger partial charge in [0.1, 0.15) is 11.6 Å². The lowest BCUT2D eigenvalue weighted by Gasteiger charge is -2.30. The van der Waals surface area contributed by atoms with Crippen molar-refractivity contribution in [1.29, 1.82) is 0 Å². The normalized spacial score (nSPS) is 18.9. The standard InChI is InChI=1S/C10H18N4/c1-7-3-5-14(6-4-7)10-9(11)12-8(2)13-10/h7H,3-6,11H2,1-2H3,(H,12,13). The molecule has 0 aromatic carbocycles. The number of rotatable bonds is 1. The van der Waals surface area contributed by atoms with Crippen LogP contribution in [0.1, 0.15) is 25.6 Å². The molecule has 0 spiro atoms. The first-order chi connectivity index (χ1) is 6.66. The van der Waals surface area contributed by atoms with E-state index in [0.717, 1.165) is 30.6 Å². The summed E-state index contributed by atoms with van der Waals surface area (Å²) in [4.78, 5) is 9.72. The molecule has 2 heterocycles. The van der Waals surface area contributed by atoms with Crippen LogP contribution in [0.3, 0.4) is 0 Å². The van der Waals surface area contributed by atoms with Crippen LogP contribution >= 0.6 is 0 Å². The molecule has 1 saturated heterocycles.